The highest BCUT2D eigenvalue weighted by Gasteiger charge is 2.53. The summed E-state index contributed by atoms with van der Waals surface area (Å²) < 4.78 is 50.4. The van der Waals surface area contributed by atoms with E-state index in [9.17, 15) is 27.6 Å². The van der Waals surface area contributed by atoms with Crippen molar-refractivity contribution < 1.29 is 37.0 Å². The number of esters is 1. The lowest BCUT2D eigenvalue weighted by Gasteiger charge is -2.34. The number of amides is 2. The van der Waals surface area contributed by atoms with Gasteiger partial charge in [-0.15, -0.1) is 0 Å². The Labute approximate surface area is 151 Å². The Bertz CT molecular complexity index is 533. The van der Waals surface area contributed by atoms with Gasteiger partial charge in [0.2, 0.25) is 5.91 Å². The molecule has 0 bridgehead atoms. The highest BCUT2D eigenvalue weighted by Crippen LogP contribution is 2.40. The third kappa shape index (κ3) is 5.11. The Morgan fingerprint density at radius 1 is 1.27 bits per heavy atom. The molecule has 1 fully saturated rings. The molecule has 9 heteroatoms. The fraction of sp³-hybridized carbons (Fsp3) is 0.824. The summed E-state index contributed by atoms with van der Waals surface area (Å²) in [6.45, 7) is 7.78. The van der Waals surface area contributed by atoms with E-state index < -0.39 is 54.4 Å². The maximum Gasteiger partial charge on any atom is 0.416 e. The SMILES string of the molecule is CCOC(=O)C[C@H]([C@H](C(=O)N1C(=O)OC[C@@H]1C(C)C)C(C)C)C(F)(F)F. The monoisotopic (exact) mass is 381 g/mol. The number of hydrogen-bond donors (Lipinski definition) is 0. The Balaban J connectivity index is 3.22. The molecule has 0 N–H and O–H groups in total. The Morgan fingerprint density at radius 2 is 1.85 bits per heavy atom. The van der Waals surface area contributed by atoms with Crippen LogP contribution in [0.4, 0.5) is 18.0 Å². The first kappa shape index (κ1) is 22.2. The number of alkyl halides is 3. The van der Waals surface area contributed by atoms with Gasteiger partial charge in [-0.2, -0.15) is 13.2 Å². The number of rotatable bonds is 7. The van der Waals surface area contributed by atoms with Crippen molar-refractivity contribution in [3.05, 3.63) is 0 Å². The zero-order valence-corrected chi connectivity index (χ0v) is 15.6. The van der Waals surface area contributed by atoms with E-state index in [0.29, 0.717) is 0 Å². The molecule has 150 valence electrons. The molecular formula is C17H26F3NO5. The van der Waals surface area contributed by atoms with Crippen molar-refractivity contribution in [2.45, 2.75) is 53.3 Å². The normalized spacial score (nSPS) is 20.3. The third-order valence-corrected chi connectivity index (χ3v) is 4.46. The standard InChI is InChI=1S/C17H26F3NO5/c1-6-25-13(22)7-11(17(18,19)20)14(10(4)5)15(23)21-12(9(2)3)8-26-16(21)24/h9-12,14H,6-8H2,1-5H3/t11-,12-,14-/m1/s1. The van der Waals surface area contributed by atoms with Gasteiger partial charge in [0.15, 0.2) is 0 Å². The highest BCUT2D eigenvalue weighted by atomic mass is 19.4. The van der Waals surface area contributed by atoms with Gasteiger partial charge in [0.1, 0.15) is 6.61 Å². The van der Waals surface area contributed by atoms with Crippen LogP contribution >= 0.6 is 0 Å². The number of imide groups is 1. The van der Waals surface area contributed by atoms with Crippen LogP contribution in [0.15, 0.2) is 0 Å². The van der Waals surface area contributed by atoms with Crippen LogP contribution in [0.1, 0.15) is 41.0 Å². The predicted molar refractivity (Wildman–Crippen MR) is 85.9 cm³/mol. The fourth-order valence-corrected chi connectivity index (χ4v) is 3.11. The molecule has 1 heterocycles. The van der Waals surface area contributed by atoms with Crippen LogP contribution in [0.5, 0.6) is 0 Å². The van der Waals surface area contributed by atoms with E-state index in [1.807, 2.05) is 0 Å². The number of halogens is 3. The Morgan fingerprint density at radius 3 is 2.27 bits per heavy atom. The van der Waals surface area contributed by atoms with Gasteiger partial charge in [0.25, 0.3) is 0 Å². The van der Waals surface area contributed by atoms with Crippen LogP contribution in [0, 0.1) is 23.7 Å². The molecule has 1 rings (SSSR count). The largest absolute Gasteiger partial charge is 0.466 e. The summed E-state index contributed by atoms with van der Waals surface area (Å²) in [6.07, 6.45) is -6.72. The van der Waals surface area contributed by atoms with E-state index in [4.69, 9.17) is 4.74 Å². The molecule has 1 aliphatic rings. The molecule has 0 unspecified atom stereocenters. The molecule has 0 spiro atoms. The van der Waals surface area contributed by atoms with E-state index in [2.05, 4.69) is 4.74 Å². The Hall–Kier alpha value is -1.80. The van der Waals surface area contributed by atoms with Gasteiger partial charge in [-0.05, 0) is 18.8 Å². The van der Waals surface area contributed by atoms with Crippen molar-refractivity contribution in [1.82, 2.24) is 4.90 Å². The maximum absolute atomic E-state index is 13.6. The van der Waals surface area contributed by atoms with Crippen LogP contribution in [0.2, 0.25) is 0 Å². The van der Waals surface area contributed by atoms with Crippen LogP contribution in [-0.2, 0) is 19.1 Å². The lowest BCUT2D eigenvalue weighted by Crippen LogP contribution is -2.50. The summed E-state index contributed by atoms with van der Waals surface area (Å²) in [6, 6.07) is -0.632. The Kier molecular flexibility index (Phi) is 7.46. The molecule has 0 aliphatic carbocycles. The topological polar surface area (TPSA) is 72.9 Å². The minimum absolute atomic E-state index is 0.0540. The first-order chi connectivity index (χ1) is 11.9. The summed E-state index contributed by atoms with van der Waals surface area (Å²) in [5, 5.41) is 0. The van der Waals surface area contributed by atoms with Crippen molar-refractivity contribution in [2.75, 3.05) is 13.2 Å². The summed E-state index contributed by atoms with van der Waals surface area (Å²) >= 11 is 0. The molecule has 0 aromatic rings. The van der Waals surface area contributed by atoms with Gasteiger partial charge in [0, 0.05) is 0 Å². The smallest absolute Gasteiger partial charge is 0.416 e. The number of hydrogen-bond acceptors (Lipinski definition) is 5. The van der Waals surface area contributed by atoms with Crippen molar-refractivity contribution in [3.8, 4) is 0 Å². The average Bonchev–Trinajstić information content (AvgIpc) is 2.87. The number of carbonyl (C=O) groups is 3. The van der Waals surface area contributed by atoms with Crippen molar-refractivity contribution in [3.63, 3.8) is 0 Å². The number of cyclic esters (lactones) is 1. The van der Waals surface area contributed by atoms with Crippen LogP contribution in [-0.4, -0.2) is 48.3 Å². The fourth-order valence-electron chi connectivity index (χ4n) is 3.11. The summed E-state index contributed by atoms with van der Waals surface area (Å²) in [7, 11) is 0. The second kappa shape index (κ2) is 8.73. The molecule has 1 saturated heterocycles. The van der Waals surface area contributed by atoms with E-state index in [1.54, 1.807) is 13.8 Å². The van der Waals surface area contributed by atoms with Gasteiger partial charge in [-0.1, -0.05) is 27.7 Å². The molecule has 26 heavy (non-hydrogen) atoms. The predicted octanol–water partition coefficient (Wildman–Crippen LogP) is 3.39. The lowest BCUT2D eigenvalue weighted by molar-refractivity contribution is -0.203. The van der Waals surface area contributed by atoms with E-state index in [1.165, 1.54) is 20.8 Å². The highest BCUT2D eigenvalue weighted by molar-refractivity contribution is 5.95. The average molecular weight is 381 g/mol. The van der Waals surface area contributed by atoms with Crippen LogP contribution < -0.4 is 0 Å². The van der Waals surface area contributed by atoms with Gasteiger partial charge in [0.05, 0.1) is 30.9 Å². The third-order valence-electron chi connectivity index (χ3n) is 4.46. The molecular weight excluding hydrogens is 355 g/mol. The zero-order chi connectivity index (χ0) is 20.2. The van der Waals surface area contributed by atoms with Gasteiger partial charge in [-0.3, -0.25) is 9.59 Å². The van der Waals surface area contributed by atoms with Crippen LogP contribution in [0.25, 0.3) is 0 Å². The second-order valence-corrected chi connectivity index (χ2v) is 7.02. The summed E-state index contributed by atoms with van der Waals surface area (Å²) in [5.74, 6) is -6.75. The zero-order valence-electron chi connectivity index (χ0n) is 15.6. The quantitative estimate of drug-likeness (QED) is 0.632. The minimum Gasteiger partial charge on any atom is -0.466 e. The molecule has 0 radical (unpaired) electrons. The molecule has 1 aliphatic heterocycles. The maximum atomic E-state index is 13.6. The van der Waals surface area contributed by atoms with Crippen LogP contribution in [0.3, 0.4) is 0 Å². The summed E-state index contributed by atoms with van der Waals surface area (Å²) in [4.78, 5) is 37.3. The van der Waals surface area contributed by atoms with Crippen molar-refractivity contribution in [1.29, 1.82) is 0 Å². The van der Waals surface area contributed by atoms with E-state index >= 15 is 0 Å². The molecule has 0 aromatic carbocycles. The van der Waals surface area contributed by atoms with Gasteiger partial charge in [-0.25, -0.2) is 9.69 Å². The second-order valence-electron chi connectivity index (χ2n) is 7.02. The van der Waals surface area contributed by atoms with E-state index in [0.717, 1.165) is 4.90 Å². The van der Waals surface area contributed by atoms with Crippen molar-refractivity contribution in [2.24, 2.45) is 23.7 Å². The minimum atomic E-state index is -4.80. The first-order valence-electron chi connectivity index (χ1n) is 8.63. The molecule has 0 aromatic heterocycles. The molecule has 2 amide bonds. The van der Waals surface area contributed by atoms with E-state index in [-0.39, 0.29) is 19.1 Å². The summed E-state index contributed by atoms with van der Waals surface area (Å²) in [5.41, 5.74) is 0. The van der Waals surface area contributed by atoms with Gasteiger partial charge < -0.3 is 9.47 Å². The van der Waals surface area contributed by atoms with Gasteiger partial charge >= 0.3 is 18.2 Å². The number of ether oxygens (including phenoxy) is 2. The lowest BCUT2D eigenvalue weighted by atomic mass is 9.79. The number of nitrogens with zero attached hydrogens (tertiary/aromatic N) is 1. The number of carbonyl (C=O) groups excluding carboxylic acids is 3. The first-order valence-corrected chi connectivity index (χ1v) is 8.63. The molecule has 6 nitrogen and oxygen atoms in total. The molecule has 3 atom stereocenters. The molecule has 0 saturated carbocycles. The van der Waals surface area contributed by atoms with Crippen molar-refractivity contribution >= 4 is 18.0 Å².